The van der Waals surface area contributed by atoms with E-state index in [1.165, 1.54) is 0 Å². The number of hydrogen-bond acceptors (Lipinski definition) is 3. The van der Waals surface area contributed by atoms with E-state index in [4.69, 9.17) is 9.47 Å². The van der Waals surface area contributed by atoms with Crippen LogP contribution in [0.1, 0.15) is 15.9 Å². The third-order valence-corrected chi connectivity index (χ3v) is 4.89. The van der Waals surface area contributed by atoms with Crippen molar-refractivity contribution in [2.75, 3.05) is 6.79 Å². The molecule has 1 heterocycles. The van der Waals surface area contributed by atoms with Gasteiger partial charge in [0.15, 0.2) is 11.5 Å². The van der Waals surface area contributed by atoms with Gasteiger partial charge in [-0.3, -0.25) is 4.79 Å². The van der Waals surface area contributed by atoms with Gasteiger partial charge in [0.05, 0.1) is 5.56 Å². The molecule has 1 aliphatic rings. The van der Waals surface area contributed by atoms with Gasteiger partial charge in [-0.2, -0.15) is 0 Å². The van der Waals surface area contributed by atoms with Gasteiger partial charge in [0.25, 0.3) is 5.91 Å². The fraction of sp³-hybridized carbons (Fsp3) is 0.0870. The lowest BCUT2D eigenvalue weighted by molar-refractivity contribution is 0.0954. The summed E-state index contributed by atoms with van der Waals surface area (Å²) in [5.41, 5.74) is 1.68. The number of nitrogens with one attached hydrogen (secondary N) is 1. The molecule has 0 saturated heterocycles. The molecule has 4 aromatic carbocycles. The number of hydrogen-bond donors (Lipinski definition) is 1. The van der Waals surface area contributed by atoms with E-state index >= 15 is 0 Å². The lowest BCUT2D eigenvalue weighted by atomic mass is 9.96. The van der Waals surface area contributed by atoms with Crippen LogP contribution in [0.25, 0.3) is 21.5 Å². The molecule has 4 heteroatoms. The van der Waals surface area contributed by atoms with Crippen molar-refractivity contribution in [1.82, 2.24) is 5.32 Å². The van der Waals surface area contributed by atoms with Crippen molar-refractivity contribution in [2.45, 2.75) is 6.54 Å². The highest BCUT2D eigenvalue weighted by Crippen LogP contribution is 2.32. The standard InChI is InChI=1S/C23H17NO3/c25-23(24-13-15-9-10-20-21(11-15)27-14-26-20)22-18-7-3-1-5-16(18)12-17-6-2-4-8-19(17)22/h1-12H,13-14H2,(H,24,25). The normalized spacial score (nSPS) is 12.4. The quantitative estimate of drug-likeness (QED) is 0.544. The van der Waals surface area contributed by atoms with Crippen LogP contribution in [-0.4, -0.2) is 12.7 Å². The van der Waals surface area contributed by atoms with Crippen LogP contribution < -0.4 is 14.8 Å². The van der Waals surface area contributed by atoms with Gasteiger partial charge in [0.2, 0.25) is 6.79 Å². The first kappa shape index (κ1) is 15.7. The van der Waals surface area contributed by atoms with Crippen molar-refractivity contribution in [3.05, 3.63) is 83.9 Å². The summed E-state index contributed by atoms with van der Waals surface area (Å²) >= 11 is 0. The Morgan fingerprint density at radius 3 is 2.22 bits per heavy atom. The Kier molecular flexibility index (Phi) is 3.68. The smallest absolute Gasteiger partial charge is 0.252 e. The van der Waals surface area contributed by atoms with Crippen LogP contribution in [0.4, 0.5) is 0 Å². The van der Waals surface area contributed by atoms with Crippen LogP contribution >= 0.6 is 0 Å². The van der Waals surface area contributed by atoms with Crippen molar-refractivity contribution in [2.24, 2.45) is 0 Å². The van der Waals surface area contributed by atoms with Gasteiger partial charge < -0.3 is 14.8 Å². The highest BCUT2D eigenvalue weighted by atomic mass is 16.7. The molecule has 132 valence electrons. The van der Waals surface area contributed by atoms with E-state index in [1.54, 1.807) is 0 Å². The third-order valence-electron chi connectivity index (χ3n) is 4.89. The summed E-state index contributed by atoms with van der Waals surface area (Å²) < 4.78 is 10.7. The van der Waals surface area contributed by atoms with Crippen molar-refractivity contribution >= 4 is 27.5 Å². The molecule has 5 rings (SSSR count). The molecule has 0 spiro atoms. The monoisotopic (exact) mass is 355 g/mol. The Hall–Kier alpha value is -3.53. The van der Waals surface area contributed by atoms with Crippen molar-refractivity contribution in [3.8, 4) is 11.5 Å². The average molecular weight is 355 g/mol. The Balaban J connectivity index is 1.51. The lowest BCUT2D eigenvalue weighted by Gasteiger charge is -2.12. The van der Waals surface area contributed by atoms with Crippen molar-refractivity contribution in [1.29, 1.82) is 0 Å². The number of benzene rings is 4. The minimum Gasteiger partial charge on any atom is -0.454 e. The van der Waals surface area contributed by atoms with Gasteiger partial charge in [-0.15, -0.1) is 0 Å². The SMILES string of the molecule is O=C(NCc1ccc2c(c1)OCO2)c1c2ccccc2cc2ccccc12. The number of rotatable bonds is 3. The van der Waals surface area contributed by atoms with E-state index in [1.807, 2.05) is 66.7 Å². The number of amides is 1. The molecule has 0 unspecified atom stereocenters. The molecular weight excluding hydrogens is 338 g/mol. The van der Waals surface area contributed by atoms with Crippen LogP contribution in [0.3, 0.4) is 0 Å². The minimum atomic E-state index is -0.0827. The molecule has 4 aromatic rings. The van der Waals surface area contributed by atoms with Gasteiger partial charge in [-0.25, -0.2) is 0 Å². The first-order valence-corrected chi connectivity index (χ1v) is 8.87. The molecule has 1 N–H and O–H groups in total. The zero-order chi connectivity index (χ0) is 18.2. The largest absolute Gasteiger partial charge is 0.454 e. The molecule has 27 heavy (non-hydrogen) atoms. The summed E-state index contributed by atoms with van der Waals surface area (Å²) in [4.78, 5) is 13.1. The Morgan fingerprint density at radius 1 is 0.815 bits per heavy atom. The molecule has 0 aromatic heterocycles. The van der Waals surface area contributed by atoms with Crippen LogP contribution in [0.15, 0.2) is 72.8 Å². The second kappa shape index (κ2) is 6.32. The van der Waals surface area contributed by atoms with E-state index in [-0.39, 0.29) is 12.7 Å². The molecule has 0 bridgehead atoms. The lowest BCUT2D eigenvalue weighted by Crippen LogP contribution is -2.23. The summed E-state index contributed by atoms with van der Waals surface area (Å²) in [6.07, 6.45) is 0. The molecule has 1 amide bonds. The fourth-order valence-electron chi connectivity index (χ4n) is 3.58. The number of ether oxygens (including phenoxy) is 2. The Morgan fingerprint density at radius 2 is 1.48 bits per heavy atom. The summed E-state index contributed by atoms with van der Waals surface area (Å²) in [6, 6.07) is 23.8. The van der Waals surface area contributed by atoms with E-state index in [2.05, 4.69) is 11.4 Å². The number of carbonyl (C=O) groups is 1. The first-order valence-electron chi connectivity index (χ1n) is 8.87. The van der Waals surface area contributed by atoms with Crippen LogP contribution in [-0.2, 0) is 6.54 Å². The zero-order valence-electron chi connectivity index (χ0n) is 14.6. The molecule has 4 nitrogen and oxygen atoms in total. The van der Waals surface area contributed by atoms with Gasteiger partial charge in [0.1, 0.15) is 0 Å². The average Bonchev–Trinajstić information content (AvgIpc) is 3.18. The third kappa shape index (κ3) is 2.75. The Labute approximate surface area is 156 Å². The molecule has 0 radical (unpaired) electrons. The Bertz CT molecular complexity index is 1130. The predicted molar refractivity (Wildman–Crippen MR) is 105 cm³/mol. The fourth-order valence-corrected chi connectivity index (χ4v) is 3.58. The van der Waals surface area contributed by atoms with Crippen molar-refractivity contribution in [3.63, 3.8) is 0 Å². The summed E-state index contributed by atoms with van der Waals surface area (Å²) in [6.45, 7) is 0.667. The maximum Gasteiger partial charge on any atom is 0.252 e. The van der Waals surface area contributed by atoms with E-state index < -0.39 is 0 Å². The molecule has 0 aliphatic carbocycles. The van der Waals surface area contributed by atoms with Crippen molar-refractivity contribution < 1.29 is 14.3 Å². The highest BCUT2D eigenvalue weighted by molar-refractivity contribution is 6.18. The maximum atomic E-state index is 13.1. The topological polar surface area (TPSA) is 47.6 Å². The van der Waals surface area contributed by atoms with Gasteiger partial charge in [-0.1, -0.05) is 54.6 Å². The summed E-state index contributed by atoms with van der Waals surface area (Å²) in [5, 5.41) is 7.09. The molecule has 0 fully saturated rings. The van der Waals surface area contributed by atoms with Gasteiger partial charge >= 0.3 is 0 Å². The molecule has 0 saturated carbocycles. The molecular formula is C23H17NO3. The summed E-state index contributed by atoms with van der Waals surface area (Å²) in [5.74, 6) is 1.38. The zero-order valence-corrected chi connectivity index (χ0v) is 14.6. The first-order chi connectivity index (χ1) is 13.3. The number of fused-ring (bicyclic) bond motifs is 3. The second-order valence-corrected chi connectivity index (χ2v) is 6.56. The highest BCUT2D eigenvalue weighted by Gasteiger charge is 2.16. The van der Waals surface area contributed by atoms with Crippen LogP contribution in [0.2, 0.25) is 0 Å². The van der Waals surface area contributed by atoms with Gasteiger partial charge in [0, 0.05) is 6.54 Å². The van der Waals surface area contributed by atoms with E-state index in [0.717, 1.165) is 38.6 Å². The molecule has 1 aliphatic heterocycles. The minimum absolute atomic E-state index is 0.0827. The van der Waals surface area contributed by atoms with Gasteiger partial charge in [-0.05, 0) is 45.3 Å². The second-order valence-electron chi connectivity index (χ2n) is 6.56. The number of carbonyl (C=O) groups excluding carboxylic acids is 1. The van der Waals surface area contributed by atoms with Crippen LogP contribution in [0.5, 0.6) is 11.5 Å². The molecule has 0 atom stereocenters. The van der Waals surface area contributed by atoms with E-state index in [9.17, 15) is 4.79 Å². The summed E-state index contributed by atoms with van der Waals surface area (Å²) in [7, 11) is 0. The van der Waals surface area contributed by atoms with E-state index in [0.29, 0.717) is 12.1 Å². The predicted octanol–water partition coefficient (Wildman–Crippen LogP) is 4.65. The maximum absolute atomic E-state index is 13.1. The van der Waals surface area contributed by atoms with Crippen LogP contribution in [0, 0.1) is 0 Å².